The number of aliphatic hydroxyl groups excluding tert-OH is 1. The van der Waals surface area contributed by atoms with Gasteiger partial charge in [0.25, 0.3) is 11.5 Å². The largest absolute Gasteiger partial charge is 0.463 e. The van der Waals surface area contributed by atoms with Gasteiger partial charge in [-0.2, -0.15) is 0 Å². The molecule has 122 valence electrons. The number of aromatic amines is 1. The van der Waals surface area contributed by atoms with Crippen LogP contribution >= 0.6 is 0 Å². The Bertz CT molecular complexity index is 733. The summed E-state index contributed by atoms with van der Waals surface area (Å²) >= 11 is 0. The molecular weight excluding hydrogens is 296 g/mol. The molecule has 2 unspecified atom stereocenters. The summed E-state index contributed by atoms with van der Waals surface area (Å²) < 4.78 is 5.24. The lowest BCUT2D eigenvalue weighted by molar-refractivity contribution is 0.0465. The maximum absolute atomic E-state index is 12.6. The molecule has 2 aromatic heterocycles. The average Bonchev–Trinajstić information content (AvgIpc) is 3.08. The molecule has 2 atom stereocenters. The lowest BCUT2D eigenvalue weighted by Crippen LogP contribution is -2.44. The molecule has 3 rings (SSSR count). The number of hydrogen-bond acceptors (Lipinski definition) is 4. The van der Waals surface area contributed by atoms with Gasteiger partial charge in [0.2, 0.25) is 0 Å². The Labute approximate surface area is 133 Å². The number of nitrogens with one attached hydrogen (secondary N) is 1. The van der Waals surface area contributed by atoms with Gasteiger partial charge in [-0.25, -0.2) is 0 Å². The summed E-state index contributed by atoms with van der Waals surface area (Å²) in [6.07, 6.45) is 2.81. The molecule has 6 nitrogen and oxygen atoms in total. The van der Waals surface area contributed by atoms with Crippen molar-refractivity contribution in [3.05, 3.63) is 46.4 Å². The van der Waals surface area contributed by atoms with Crippen molar-refractivity contribution in [3.63, 3.8) is 0 Å². The van der Waals surface area contributed by atoms with E-state index in [0.717, 1.165) is 12.8 Å². The van der Waals surface area contributed by atoms with Crippen molar-refractivity contribution in [2.45, 2.75) is 25.9 Å². The third-order valence-corrected chi connectivity index (χ3v) is 4.35. The fourth-order valence-electron chi connectivity index (χ4n) is 2.98. The highest BCUT2D eigenvalue weighted by molar-refractivity contribution is 5.94. The van der Waals surface area contributed by atoms with E-state index >= 15 is 0 Å². The molecule has 1 fully saturated rings. The van der Waals surface area contributed by atoms with Gasteiger partial charge in [-0.1, -0.05) is 0 Å². The lowest BCUT2D eigenvalue weighted by atomic mass is 9.93. The van der Waals surface area contributed by atoms with Crippen LogP contribution in [0, 0.1) is 5.92 Å². The minimum absolute atomic E-state index is 0.0640. The van der Waals surface area contributed by atoms with Gasteiger partial charge in [0.15, 0.2) is 0 Å². The van der Waals surface area contributed by atoms with E-state index in [9.17, 15) is 14.7 Å². The number of carbonyl (C=O) groups excluding carboxylic acids is 1. The van der Waals surface area contributed by atoms with Crippen molar-refractivity contribution in [2.75, 3.05) is 13.1 Å². The molecule has 0 radical (unpaired) electrons. The van der Waals surface area contributed by atoms with E-state index < -0.39 is 11.7 Å². The number of piperidine rings is 1. The number of H-pyrrole nitrogens is 1. The van der Waals surface area contributed by atoms with Crippen molar-refractivity contribution in [1.82, 2.24) is 9.88 Å². The Hall–Kier alpha value is -2.34. The normalized spacial score (nSPS) is 19.6. The third-order valence-electron chi connectivity index (χ3n) is 4.35. The summed E-state index contributed by atoms with van der Waals surface area (Å²) in [4.78, 5) is 29.2. The molecule has 2 aromatic rings. The van der Waals surface area contributed by atoms with Crippen LogP contribution in [-0.2, 0) is 0 Å². The van der Waals surface area contributed by atoms with Gasteiger partial charge in [-0.05, 0) is 44.0 Å². The molecule has 0 spiro atoms. The second kappa shape index (κ2) is 6.42. The summed E-state index contributed by atoms with van der Waals surface area (Å²) in [5.74, 6) is 0.324. The molecule has 0 bridgehead atoms. The number of likely N-dealkylation sites (tertiary alicyclic amines) is 1. The van der Waals surface area contributed by atoms with E-state index in [1.54, 1.807) is 30.0 Å². The molecule has 0 aliphatic carbocycles. The van der Waals surface area contributed by atoms with Crippen LogP contribution in [0.1, 0.15) is 30.1 Å². The third kappa shape index (κ3) is 3.22. The number of nitrogens with zero attached hydrogens (tertiary/aromatic N) is 1. The van der Waals surface area contributed by atoms with Gasteiger partial charge in [0, 0.05) is 19.0 Å². The molecule has 0 aromatic carbocycles. The van der Waals surface area contributed by atoms with E-state index in [0.29, 0.717) is 24.5 Å². The fraction of sp³-hybridized carbons (Fsp3) is 0.412. The molecule has 6 heteroatoms. The highest BCUT2D eigenvalue weighted by atomic mass is 16.3. The number of aliphatic hydroxyl groups is 1. The number of carbonyl (C=O) groups is 1. The van der Waals surface area contributed by atoms with Crippen LogP contribution in [0.2, 0.25) is 0 Å². The Morgan fingerprint density at radius 3 is 2.91 bits per heavy atom. The van der Waals surface area contributed by atoms with Crippen LogP contribution < -0.4 is 5.56 Å². The first-order valence-corrected chi connectivity index (χ1v) is 7.81. The van der Waals surface area contributed by atoms with E-state index in [-0.39, 0.29) is 17.4 Å². The summed E-state index contributed by atoms with van der Waals surface area (Å²) in [5, 5.41) is 9.73. The van der Waals surface area contributed by atoms with E-state index in [4.69, 9.17) is 4.42 Å². The fourth-order valence-corrected chi connectivity index (χ4v) is 2.98. The van der Waals surface area contributed by atoms with Crippen LogP contribution in [0.5, 0.6) is 0 Å². The second-order valence-corrected chi connectivity index (χ2v) is 5.99. The van der Waals surface area contributed by atoms with Crippen molar-refractivity contribution in [3.8, 4) is 11.5 Å². The zero-order valence-corrected chi connectivity index (χ0v) is 13.0. The maximum atomic E-state index is 12.6. The first-order valence-electron chi connectivity index (χ1n) is 7.81. The lowest BCUT2D eigenvalue weighted by Gasteiger charge is -2.34. The Balaban J connectivity index is 1.81. The van der Waals surface area contributed by atoms with Crippen LogP contribution in [0.3, 0.4) is 0 Å². The molecule has 1 amide bonds. The highest BCUT2D eigenvalue weighted by Gasteiger charge is 2.28. The zero-order valence-electron chi connectivity index (χ0n) is 13.0. The second-order valence-electron chi connectivity index (χ2n) is 5.99. The SMILES string of the molecule is CC(O)C1CCCN(C(=O)c2ccc(-c3ccco3)[nH]c2=O)C1. The van der Waals surface area contributed by atoms with Crippen LogP contribution in [-0.4, -0.2) is 40.1 Å². The summed E-state index contributed by atoms with van der Waals surface area (Å²) in [7, 11) is 0. The van der Waals surface area contributed by atoms with Crippen LogP contribution in [0.4, 0.5) is 0 Å². The highest BCUT2D eigenvalue weighted by Crippen LogP contribution is 2.21. The van der Waals surface area contributed by atoms with Crippen molar-refractivity contribution < 1.29 is 14.3 Å². The predicted molar refractivity (Wildman–Crippen MR) is 85.1 cm³/mol. The van der Waals surface area contributed by atoms with Gasteiger partial charge in [0.05, 0.1) is 18.1 Å². The average molecular weight is 316 g/mol. The molecule has 1 aliphatic rings. The van der Waals surface area contributed by atoms with Gasteiger partial charge in [0.1, 0.15) is 11.3 Å². The number of hydrogen-bond donors (Lipinski definition) is 2. The Morgan fingerprint density at radius 1 is 1.43 bits per heavy atom. The predicted octanol–water partition coefficient (Wildman–Crippen LogP) is 1.87. The number of aromatic nitrogens is 1. The summed E-state index contributed by atoms with van der Waals surface area (Å²) in [6, 6.07) is 6.68. The minimum Gasteiger partial charge on any atom is -0.463 e. The van der Waals surface area contributed by atoms with Gasteiger partial charge in [-0.15, -0.1) is 0 Å². The quantitative estimate of drug-likeness (QED) is 0.905. The Morgan fingerprint density at radius 2 is 2.26 bits per heavy atom. The number of amides is 1. The maximum Gasteiger partial charge on any atom is 0.261 e. The van der Waals surface area contributed by atoms with Gasteiger partial charge in [-0.3, -0.25) is 9.59 Å². The van der Waals surface area contributed by atoms with Crippen LogP contribution in [0.15, 0.2) is 39.7 Å². The first-order chi connectivity index (χ1) is 11.1. The standard InChI is InChI=1S/C17H20N2O4/c1-11(20)12-4-2-8-19(10-12)17(22)13-6-7-14(18-16(13)21)15-5-3-9-23-15/h3,5-7,9,11-12,20H,2,4,8,10H2,1H3,(H,18,21). The molecule has 3 heterocycles. The molecule has 23 heavy (non-hydrogen) atoms. The molecule has 0 saturated carbocycles. The van der Waals surface area contributed by atoms with Crippen molar-refractivity contribution in [1.29, 1.82) is 0 Å². The van der Waals surface area contributed by atoms with Crippen molar-refractivity contribution >= 4 is 5.91 Å². The van der Waals surface area contributed by atoms with Crippen LogP contribution in [0.25, 0.3) is 11.5 Å². The topological polar surface area (TPSA) is 86.5 Å². The summed E-state index contributed by atoms with van der Waals surface area (Å²) in [5.41, 5.74) is 0.228. The van der Waals surface area contributed by atoms with E-state index in [1.165, 1.54) is 12.3 Å². The number of rotatable bonds is 3. The number of pyridine rings is 1. The minimum atomic E-state index is -0.454. The monoisotopic (exact) mass is 316 g/mol. The van der Waals surface area contributed by atoms with E-state index in [1.807, 2.05) is 0 Å². The van der Waals surface area contributed by atoms with Gasteiger partial charge >= 0.3 is 0 Å². The molecule has 2 N–H and O–H groups in total. The smallest absolute Gasteiger partial charge is 0.261 e. The molecule has 1 aliphatic heterocycles. The van der Waals surface area contributed by atoms with E-state index in [2.05, 4.69) is 4.98 Å². The first kappa shape index (κ1) is 15.6. The van der Waals surface area contributed by atoms with Gasteiger partial charge < -0.3 is 19.4 Å². The zero-order chi connectivity index (χ0) is 16.4. The molecule has 1 saturated heterocycles. The summed E-state index contributed by atoms with van der Waals surface area (Å²) in [6.45, 7) is 2.83. The van der Waals surface area contributed by atoms with Crippen molar-refractivity contribution in [2.24, 2.45) is 5.92 Å². The number of furan rings is 1. The molecular formula is C17H20N2O4. The Kier molecular flexibility index (Phi) is 4.34.